The zero-order chi connectivity index (χ0) is 20.0. The van der Waals surface area contributed by atoms with Crippen LogP contribution in [0.2, 0.25) is 5.02 Å². The van der Waals surface area contributed by atoms with E-state index in [9.17, 15) is 8.42 Å². The molecular formula is C19H20ClN5O3S. The third-order valence-corrected chi connectivity index (χ3v) is 7.45. The third kappa shape index (κ3) is 3.70. The molecule has 0 amide bonds. The monoisotopic (exact) mass is 433 g/mol. The summed E-state index contributed by atoms with van der Waals surface area (Å²) in [7, 11) is -3.55. The smallest absolute Gasteiger partial charge is 0.243 e. The number of aromatic nitrogens is 4. The Labute approximate surface area is 173 Å². The van der Waals surface area contributed by atoms with E-state index in [4.69, 9.17) is 16.3 Å². The van der Waals surface area contributed by atoms with Crippen molar-refractivity contribution in [3.05, 3.63) is 47.2 Å². The summed E-state index contributed by atoms with van der Waals surface area (Å²) in [5, 5.41) is 13.3. The van der Waals surface area contributed by atoms with E-state index < -0.39 is 10.0 Å². The van der Waals surface area contributed by atoms with Crippen molar-refractivity contribution in [3.63, 3.8) is 0 Å². The highest BCUT2D eigenvalue weighted by molar-refractivity contribution is 7.89. The van der Waals surface area contributed by atoms with Gasteiger partial charge in [-0.15, -0.1) is 15.3 Å². The van der Waals surface area contributed by atoms with Gasteiger partial charge in [0, 0.05) is 36.0 Å². The Bertz CT molecular complexity index is 1160. The Morgan fingerprint density at radius 2 is 2.00 bits per heavy atom. The average Bonchev–Trinajstić information content (AvgIpc) is 3.28. The number of ether oxygens (including phenoxy) is 1. The van der Waals surface area contributed by atoms with E-state index in [1.165, 1.54) is 10.4 Å². The fraction of sp³-hybridized carbons (Fsp3) is 0.421. The van der Waals surface area contributed by atoms with Crippen molar-refractivity contribution in [3.8, 4) is 5.88 Å². The summed E-state index contributed by atoms with van der Waals surface area (Å²) < 4.78 is 34.8. The molecule has 3 heterocycles. The summed E-state index contributed by atoms with van der Waals surface area (Å²) in [5.41, 5.74) is 0.707. The highest BCUT2D eigenvalue weighted by atomic mass is 35.5. The zero-order valence-electron chi connectivity index (χ0n) is 15.6. The molecule has 1 aliphatic carbocycles. The molecule has 0 bridgehead atoms. The lowest BCUT2D eigenvalue weighted by molar-refractivity contribution is 0.243. The third-order valence-electron chi connectivity index (χ3n) is 5.35. The molecule has 152 valence electrons. The number of fused-ring (bicyclic) bond motifs is 1. The van der Waals surface area contributed by atoms with Gasteiger partial charge in [0.25, 0.3) is 0 Å². The first kappa shape index (κ1) is 18.8. The van der Waals surface area contributed by atoms with E-state index >= 15 is 0 Å². The van der Waals surface area contributed by atoms with Gasteiger partial charge < -0.3 is 4.74 Å². The van der Waals surface area contributed by atoms with Crippen molar-refractivity contribution in [1.82, 2.24) is 24.1 Å². The molecule has 1 atom stereocenters. The average molecular weight is 434 g/mol. The molecule has 10 heteroatoms. The number of hydrogen-bond acceptors (Lipinski definition) is 6. The minimum atomic E-state index is -3.55. The van der Waals surface area contributed by atoms with Gasteiger partial charge in [0.05, 0.1) is 11.5 Å². The summed E-state index contributed by atoms with van der Waals surface area (Å²) in [5.74, 6) is 1.92. The van der Waals surface area contributed by atoms with Gasteiger partial charge in [0.2, 0.25) is 15.9 Å². The molecule has 0 spiro atoms. The molecule has 8 nitrogen and oxygen atoms in total. The molecule has 1 aliphatic heterocycles. The van der Waals surface area contributed by atoms with Crippen LogP contribution in [0.3, 0.4) is 0 Å². The second kappa shape index (κ2) is 7.23. The van der Waals surface area contributed by atoms with Gasteiger partial charge in [-0.1, -0.05) is 17.7 Å². The molecule has 2 aromatic heterocycles. The van der Waals surface area contributed by atoms with Crippen LogP contribution >= 0.6 is 11.6 Å². The number of nitrogens with zero attached hydrogens (tertiary/aromatic N) is 5. The van der Waals surface area contributed by atoms with Gasteiger partial charge in [0.1, 0.15) is 0 Å². The zero-order valence-corrected chi connectivity index (χ0v) is 17.2. The predicted octanol–water partition coefficient (Wildman–Crippen LogP) is 2.74. The van der Waals surface area contributed by atoms with E-state index in [0.717, 1.165) is 25.1 Å². The van der Waals surface area contributed by atoms with Crippen LogP contribution in [0.15, 0.2) is 41.3 Å². The van der Waals surface area contributed by atoms with Crippen LogP contribution in [0.25, 0.3) is 5.65 Å². The van der Waals surface area contributed by atoms with Crippen LogP contribution in [-0.2, 0) is 10.0 Å². The molecule has 0 N–H and O–H groups in total. The summed E-state index contributed by atoms with van der Waals surface area (Å²) in [4.78, 5) is 0.221. The minimum Gasteiger partial charge on any atom is -0.476 e. The van der Waals surface area contributed by atoms with Crippen LogP contribution < -0.4 is 4.74 Å². The van der Waals surface area contributed by atoms with Crippen LogP contribution in [0, 0.1) is 5.92 Å². The number of rotatable bonds is 6. The largest absolute Gasteiger partial charge is 0.476 e. The van der Waals surface area contributed by atoms with Crippen molar-refractivity contribution in [2.24, 2.45) is 5.92 Å². The lowest BCUT2D eigenvalue weighted by Crippen LogP contribution is -2.29. The van der Waals surface area contributed by atoms with Gasteiger partial charge in [-0.05, 0) is 43.5 Å². The van der Waals surface area contributed by atoms with Crippen molar-refractivity contribution in [2.75, 3.05) is 19.7 Å². The van der Waals surface area contributed by atoms with E-state index in [1.54, 1.807) is 28.8 Å². The summed E-state index contributed by atoms with van der Waals surface area (Å²) in [6.07, 6.45) is 2.97. The first-order valence-electron chi connectivity index (χ1n) is 9.61. The van der Waals surface area contributed by atoms with Gasteiger partial charge in [-0.2, -0.15) is 8.82 Å². The number of hydrogen-bond donors (Lipinski definition) is 0. The van der Waals surface area contributed by atoms with E-state index in [1.807, 2.05) is 6.07 Å². The fourth-order valence-electron chi connectivity index (χ4n) is 3.59. The van der Waals surface area contributed by atoms with Crippen LogP contribution in [0.1, 0.15) is 31.0 Å². The fourth-order valence-corrected chi connectivity index (χ4v) is 5.43. The second-order valence-electron chi connectivity index (χ2n) is 7.56. The maximum Gasteiger partial charge on any atom is 0.243 e. The molecule has 29 heavy (non-hydrogen) atoms. The van der Waals surface area contributed by atoms with Gasteiger partial charge in [-0.25, -0.2) is 8.42 Å². The molecule has 2 aliphatic rings. The predicted molar refractivity (Wildman–Crippen MR) is 107 cm³/mol. The van der Waals surface area contributed by atoms with Crippen molar-refractivity contribution < 1.29 is 13.2 Å². The molecule has 3 aromatic rings. The number of benzene rings is 1. The minimum absolute atomic E-state index is 0.102. The van der Waals surface area contributed by atoms with E-state index in [0.29, 0.717) is 42.2 Å². The van der Waals surface area contributed by atoms with E-state index in [-0.39, 0.29) is 10.8 Å². The molecule has 0 radical (unpaired) electrons. The van der Waals surface area contributed by atoms with Crippen molar-refractivity contribution >= 4 is 27.3 Å². The Balaban J connectivity index is 1.25. The first-order chi connectivity index (χ1) is 14.0. The summed E-state index contributed by atoms with van der Waals surface area (Å²) in [6, 6.07) is 9.98. The SMILES string of the molecule is O=S(=O)(c1cccc(Cl)c1)N1CCC(COc2ccc3nnc(C4CC4)n3n2)C1. The first-order valence-corrected chi connectivity index (χ1v) is 11.4. The normalized spacial score (nSPS) is 20.4. The molecule has 1 aromatic carbocycles. The van der Waals surface area contributed by atoms with Crippen LogP contribution in [0.4, 0.5) is 0 Å². The molecule has 2 fully saturated rings. The Kier molecular flexibility index (Phi) is 4.68. The Hall–Kier alpha value is -2.23. The molecule has 1 saturated heterocycles. The van der Waals surface area contributed by atoms with E-state index in [2.05, 4.69) is 15.3 Å². The summed E-state index contributed by atoms with van der Waals surface area (Å²) in [6.45, 7) is 1.28. The van der Waals surface area contributed by atoms with Gasteiger partial charge in [0.15, 0.2) is 11.5 Å². The standard InChI is InChI=1S/C19H20ClN5O3S/c20-15-2-1-3-16(10-15)29(26,27)24-9-8-13(11-24)12-28-18-7-6-17-21-22-19(14-4-5-14)25(17)23-18/h1-3,6-7,10,13-14H,4-5,8-9,11-12H2. The molecular weight excluding hydrogens is 414 g/mol. The molecule has 1 unspecified atom stereocenters. The quantitative estimate of drug-likeness (QED) is 0.593. The highest BCUT2D eigenvalue weighted by Crippen LogP contribution is 2.38. The number of halogens is 1. The lowest BCUT2D eigenvalue weighted by atomic mass is 10.1. The van der Waals surface area contributed by atoms with Gasteiger partial charge >= 0.3 is 0 Å². The Morgan fingerprint density at radius 1 is 1.14 bits per heavy atom. The summed E-state index contributed by atoms with van der Waals surface area (Å²) >= 11 is 5.95. The van der Waals surface area contributed by atoms with Crippen LogP contribution in [-0.4, -0.2) is 52.2 Å². The van der Waals surface area contributed by atoms with Crippen LogP contribution in [0.5, 0.6) is 5.88 Å². The van der Waals surface area contributed by atoms with Crippen molar-refractivity contribution in [1.29, 1.82) is 0 Å². The lowest BCUT2D eigenvalue weighted by Gasteiger charge is -2.17. The van der Waals surface area contributed by atoms with Crippen molar-refractivity contribution in [2.45, 2.75) is 30.1 Å². The highest BCUT2D eigenvalue weighted by Gasteiger charge is 2.33. The number of sulfonamides is 1. The second-order valence-corrected chi connectivity index (χ2v) is 9.93. The Morgan fingerprint density at radius 3 is 2.79 bits per heavy atom. The van der Waals surface area contributed by atoms with Gasteiger partial charge in [-0.3, -0.25) is 0 Å². The topological polar surface area (TPSA) is 89.7 Å². The molecule has 5 rings (SSSR count). The molecule has 1 saturated carbocycles. The maximum atomic E-state index is 12.8. The maximum absolute atomic E-state index is 12.8.